The van der Waals surface area contributed by atoms with Crippen molar-refractivity contribution in [1.82, 2.24) is 4.98 Å². The van der Waals surface area contributed by atoms with Crippen molar-refractivity contribution in [3.63, 3.8) is 0 Å². The molecule has 0 amide bonds. The molecule has 0 saturated heterocycles. The minimum atomic E-state index is -0.0917. The summed E-state index contributed by atoms with van der Waals surface area (Å²) in [5, 5.41) is 0. The molecule has 1 heterocycles. The Balaban J connectivity index is 2.21. The van der Waals surface area contributed by atoms with Gasteiger partial charge in [-0.2, -0.15) is 0 Å². The Morgan fingerprint density at radius 1 is 1.05 bits per heavy atom. The first-order valence-corrected chi connectivity index (χ1v) is 7.10. The Hall–Kier alpha value is -2.36. The highest BCUT2D eigenvalue weighted by Gasteiger charge is 2.11. The third-order valence-electron chi connectivity index (χ3n) is 2.86. The van der Waals surface area contributed by atoms with Crippen molar-refractivity contribution in [3.05, 3.63) is 53.9 Å². The van der Waals surface area contributed by atoms with E-state index < -0.39 is 0 Å². The van der Waals surface area contributed by atoms with Gasteiger partial charge in [-0.3, -0.25) is 9.78 Å². The Kier molecular flexibility index (Phi) is 5.32. The summed E-state index contributed by atoms with van der Waals surface area (Å²) < 4.78 is 10.9. The van der Waals surface area contributed by atoms with E-state index in [1.807, 2.05) is 26.0 Å². The molecule has 2 rings (SSSR count). The van der Waals surface area contributed by atoms with Crippen LogP contribution in [0.2, 0.25) is 0 Å². The summed E-state index contributed by atoms with van der Waals surface area (Å²) in [6, 6.07) is 8.90. The number of carbonyl (C=O) groups is 1. The molecule has 21 heavy (non-hydrogen) atoms. The van der Waals surface area contributed by atoms with Gasteiger partial charge in [-0.15, -0.1) is 0 Å². The molecule has 1 aromatic carbocycles. The Morgan fingerprint density at radius 2 is 1.86 bits per heavy atom. The predicted octanol–water partition coefficient (Wildman–Crippen LogP) is 3.50. The molecule has 0 fully saturated rings. The molecule has 4 nitrogen and oxygen atoms in total. The second kappa shape index (κ2) is 7.43. The summed E-state index contributed by atoms with van der Waals surface area (Å²) in [7, 11) is 0. The summed E-state index contributed by atoms with van der Waals surface area (Å²) >= 11 is 0. The number of pyridine rings is 1. The number of hydrogen-bond acceptors (Lipinski definition) is 4. The molecule has 0 spiro atoms. The highest BCUT2D eigenvalue weighted by molar-refractivity contribution is 6.09. The monoisotopic (exact) mass is 285 g/mol. The zero-order valence-electron chi connectivity index (χ0n) is 12.3. The molecular formula is C17H19NO3. The van der Waals surface area contributed by atoms with Gasteiger partial charge in [0.1, 0.15) is 11.5 Å². The fourth-order valence-corrected chi connectivity index (χ4v) is 1.90. The molecule has 0 saturated carbocycles. The molecule has 4 heteroatoms. The number of aromatic nitrogens is 1. The van der Waals surface area contributed by atoms with Gasteiger partial charge in [-0.1, -0.05) is 19.1 Å². The topological polar surface area (TPSA) is 48.4 Å². The van der Waals surface area contributed by atoms with Crippen molar-refractivity contribution in [3.8, 4) is 11.5 Å². The largest absolute Gasteiger partial charge is 0.494 e. The van der Waals surface area contributed by atoms with Crippen LogP contribution in [0.1, 0.15) is 36.2 Å². The highest BCUT2D eigenvalue weighted by atomic mass is 16.5. The van der Waals surface area contributed by atoms with Gasteiger partial charge in [0.25, 0.3) is 0 Å². The predicted molar refractivity (Wildman–Crippen MR) is 81.1 cm³/mol. The minimum Gasteiger partial charge on any atom is -0.494 e. The minimum absolute atomic E-state index is 0.0917. The van der Waals surface area contributed by atoms with E-state index in [4.69, 9.17) is 9.47 Å². The Labute approximate surface area is 124 Å². The van der Waals surface area contributed by atoms with Gasteiger partial charge in [-0.05, 0) is 31.5 Å². The van der Waals surface area contributed by atoms with Crippen molar-refractivity contribution in [2.75, 3.05) is 13.2 Å². The maximum Gasteiger partial charge on any atom is 0.194 e. The maximum absolute atomic E-state index is 12.5. The summed E-state index contributed by atoms with van der Waals surface area (Å²) in [5.41, 5.74) is 1.09. The average Bonchev–Trinajstić information content (AvgIpc) is 2.53. The number of benzene rings is 1. The molecule has 0 unspecified atom stereocenters. The van der Waals surface area contributed by atoms with Gasteiger partial charge in [0.15, 0.2) is 5.78 Å². The molecule has 1 aromatic heterocycles. The summed E-state index contributed by atoms with van der Waals surface area (Å²) in [4.78, 5) is 16.5. The van der Waals surface area contributed by atoms with Crippen LogP contribution in [0.4, 0.5) is 0 Å². The van der Waals surface area contributed by atoms with E-state index in [1.54, 1.807) is 30.6 Å². The molecule has 2 aromatic rings. The lowest BCUT2D eigenvalue weighted by atomic mass is 10.0. The number of carbonyl (C=O) groups excluding carboxylic acids is 1. The van der Waals surface area contributed by atoms with Crippen molar-refractivity contribution in [1.29, 1.82) is 0 Å². The number of rotatable bonds is 7. The second-order valence-corrected chi connectivity index (χ2v) is 4.55. The van der Waals surface area contributed by atoms with Crippen LogP contribution in [0, 0.1) is 0 Å². The van der Waals surface area contributed by atoms with Crippen molar-refractivity contribution < 1.29 is 14.3 Å². The third-order valence-corrected chi connectivity index (χ3v) is 2.86. The fourth-order valence-electron chi connectivity index (χ4n) is 1.90. The van der Waals surface area contributed by atoms with Gasteiger partial charge in [-0.25, -0.2) is 0 Å². The number of ketones is 1. The smallest absolute Gasteiger partial charge is 0.194 e. The summed E-state index contributed by atoms with van der Waals surface area (Å²) in [6.07, 6.45) is 4.07. The summed E-state index contributed by atoms with van der Waals surface area (Å²) in [6.45, 7) is 5.11. The lowest BCUT2D eigenvalue weighted by Crippen LogP contribution is -2.04. The van der Waals surface area contributed by atoms with E-state index in [-0.39, 0.29) is 5.78 Å². The fraction of sp³-hybridized carbons (Fsp3) is 0.294. The Bertz CT molecular complexity index is 610. The average molecular weight is 285 g/mol. The SMILES string of the molecule is CCCOc1cccc(C(=O)c2cncc(OCC)c2)c1. The molecule has 0 bridgehead atoms. The first-order chi connectivity index (χ1) is 10.2. The zero-order valence-corrected chi connectivity index (χ0v) is 12.3. The van der Waals surface area contributed by atoms with Gasteiger partial charge in [0, 0.05) is 17.3 Å². The van der Waals surface area contributed by atoms with Gasteiger partial charge in [0.05, 0.1) is 19.4 Å². The first-order valence-electron chi connectivity index (χ1n) is 7.10. The van der Waals surface area contributed by atoms with Crippen molar-refractivity contribution >= 4 is 5.78 Å². The van der Waals surface area contributed by atoms with E-state index in [1.165, 1.54) is 0 Å². The Morgan fingerprint density at radius 3 is 2.62 bits per heavy atom. The van der Waals surface area contributed by atoms with Crippen molar-refractivity contribution in [2.24, 2.45) is 0 Å². The van der Waals surface area contributed by atoms with Crippen LogP contribution in [0.15, 0.2) is 42.7 Å². The molecule has 0 N–H and O–H groups in total. The molecular weight excluding hydrogens is 266 g/mol. The zero-order chi connectivity index (χ0) is 15.1. The van der Waals surface area contributed by atoms with Gasteiger partial charge < -0.3 is 9.47 Å². The van der Waals surface area contributed by atoms with Crippen LogP contribution >= 0.6 is 0 Å². The van der Waals surface area contributed by atoms with Crippen LogP contribution in [0.3, 0.4) is 0 Å². The quantitative estimate of drug-likeness (QED) is 0.730. The lowest BCUT2D eigenvalue weighted by molar-refractivity contribution is 0.103. The molecule has 0 aliphatic rings. The van der Waals surface area contributed by atoms with Crippen LogP contribution in [-0.4, -0.2) is 24.0 Å². The van der Waals surface area contributed by atoms with E-state index in [9.17, 15) is 4.79 Å². The van der Waals surface area contributed by atoms with E-state index in [0.717, 1.165) is 6.42 Å². The van der Waals surface area contributed by atoms with Crippen LogP contribution in [0.25, 0.3) is 0 Å². The maximum atomic E-state index is 12.5. The number of hydrogen-bond donors (Lipinski definition) is 0. The van der Waals surface area contributed by atoms with Gasteiger partial charge in [0.2, 0.25) is 0 Å². The van der Waals surface area contributed by atoms with Crippen LogP contribution < -0.4 is 9.47 Å². The number of ether oxygens (including phenoxy) is 2. The van der Waals surface area contributed by atoms with Crippen molar-refractivity contribution in [2.45, 2.75) is 20.3 Å². The standard InChI is InChI=1S/C17H19NO3/c1-3-8-21-15-7-5-6-13(9-15)17(19)14-10-16(20-4-2)12-18-11-14/h5-7,9-12H,3-4,8H2,1-2H3. The first kappa shape index (κ1) is 15.0. The lowest BCUT2D eigenvalue weighted by Gasteiger charge is -2.07. The summed E-state index contributed by atoms with van der Waals surface area (Å²) in [5.74, 6) is 1.21. The molecule has 0 aliphatic heterocycles. The normalized spacial score (nSPS) is 10.2. The van der Waals surface area contributed by atoms with E-state index in [0.29, 0.717) is 35.8 Å². The molecule has 0 aliphatic carbocycles. The van der Waals surface area contributed by atoms with Crippen LogP contribution in [-0.2, 0) is 0 Å². The van der Waals surface area contributed by atoms with Crippen LogP contribution in [0.5, 0.6) is 11.5 Å². The molecule has 0 radical (unpaired) electrons. The van der Waals surface area contributed by atoms with E-state index in [2.05, 4.69) is 4.98 Å². The highest BCUT2D eigenvalue weighted by Crippen LogP contribution is 2.19. The third kappa shape index (κ3) is 4.05. The van der Waals surface area contributed by atoms with Gasteiger partial charge >= 0.3 is 0 Å². The van der Waals surface area contributed by atoms with E-state index >= 15 is 0 Å². The number of nitrogens with zero attached hydrogens (tertiary/aromatic N) is 1. The molecule has 0 atom stereocenters. The second-order valence-electron chi connectivity index (χ2n) is 4.55. The molecule has 110 valence electrons.